The van der Waals surface area contributed by atoms with Gasteiger partial charge in [0.1, 0.15) is 11.2 Å². The zero-order valence-electron chi connectivity index (χ0n) is 18.3. The summed E-state index contributed by atoms with van der Waals surface area (Å²) < 4.78 is 6.23. The van der Waals surface area contributed by atoms with Crippen LogP contribution >= 0.6 is 11.6 Å². The van der Waals surface area contributed by atoms with Gasteiger partial charge in [-0.1, -0.05) is 96.5 Å². The van der Waals surface area contributed by atoms with Gasteiger partial charge in [-0.2, -0.15) is 0 Å². The van der Waals surface area contributed by atoms with Crippen molar-refractivity contribution in [3.8, 4) is 22.3 Å². The standard InChI is InChI=1S/C32H19ClO/c33-29-14-7-13-26-28(29)19-27-22(20-8-2-1-3-9-20)11-6-12-25(27)32(26)21-16-17-24-23-10-4-5-15-30(23)34-31(24)18-21/h1-19H. The first-order valence-electron chi connectivity index (χ1n) is 11.4. The monoisotopic (exact) mass is 454 g/mol. The number of hydrogen-bond acceptors (Lipinski definition) is 1. The molecule has 7 rings (SSSR count). The summed E-state index contributed by atoms with van der Waals surface area (Å²) >= 11 is 6.75. The van der Waals surface area contributed by atoms with Crippen LogP contribution in [0.1, 0.15) is 0 Å². The van der Waals surface area contributed by atoms with Gasteiger partial charge < -0.3 is 4.42 Å². The molecule has 34 heavy (non-hydrogen) atoms. The highest BCUT2D eigenvalue weighted by atomic mass is 35.5. The zero-order valence-corrected chi connectivity index (χ0v) is 19.0. The predicted octanol–water partition coefficient (Wildman–Crippen LogP) is 9.88. The van der Waals surface area contributed by atoms with Crippen molar-refractivity contribution in [2.24, 2.45) is 0 Å². The minimum absolute atomic E-state index is 0.758. The van der Waals surface area contributed by atoms with Crippen LogP contribution in [0.4, 0.5) is 0 Å². The normalized spacial score (nSPS) is 11.7. The molecule has 0 saturated heterocycles. The smallest absolute Gasteiger partial charge is 0.136 e. The molecular weight excluding hydrogens is 436 g/mol. The Balaban J connectivity index is 1.60. The third kappa shape index (κ3) is 2.88. The molecule has 0 amide bonds. The third-order valence-electron chi connectivity index (χ3n) is 6.74. The molecule has 2 heteroatoms. The van der Waals surface area contributed by atoms with E-state index in [1.165, 1.54) is 27.5 Å². The first kappa shape index (κ1) is 19.4. The van der Waals surface area contributed by atoms with Crippen molar-refractivity contribution in [2.45, 2.75) is 0 Å². The van der Waals surface area contributed by atoms with E-state index in [-0.39, 0.29) is 0 Å². The van der Waals surface area contributed by atoms with Crippen LogP contribution in [0.5, 0.6) is 0 Å². The molecule has 7 aromatic rings. The molecule has 0 atom stereocenters. The van der Waals surface area contributed by atoms with Crippen molar-refractivity contribution >= 4 is 55.1 Å². The van der Waals surface area contributed by atoms with Crippen molar-refractivity contribution in [3.63, 3.8) is 0 Å². The molecule has 0 saturated carbocycles. The van der Waals surface area contributed by atoms with Crippen molar-refractivity contribution < 1.29 is 4.42 Å². The molecule has 160 valence electrons. The zero-order chi connectivity index (χ0) is 22.6. The molecule has 0 fully saturated rings. The maximum atomic E-state index is 6.75. The van der Waals surface area contributed by atoms with Crippen LogP contribution in [-0.4, -0.2) is 0 Å². The molecule has 0 N–H and O–H groups in total. The molecule has 6 aromatic carbocycles. The number of furan rings is 1. The SMILES string of the molecule is Clc1cccc2c(-c3ccc4c(c3)oc3ccccc34)c3cccc(-c4ccccc4)c3cc12. The van der Waals surface area contributed by atoms with Crippen molar-refractivity contribution in [1.82, 2.24) is 0 Å². The number of rotatable bonds is 2. The molecule has 0 aliphatic rings. The van der Waals surface area contributed by atoms with E-state index in [1.54, 1.807) is 0 Å². The maximum absolute atomic E-state index is 6.75. The molecule has 0 bridgehead atoms. The van der Waals surface area contributed by atoms with Gasteiger partial charge in [0.25, 0.3) is 0 Å². The summed E-state index contributed by atoms with van der Waals surface area (Å²) in [6.07, 6.45) is 0. The first-order chi connectivity index (χ1) is 16.8. The molecular formula is C32H19ClO. The van der Waals surface area contributed by atoms with Crippen LogP contribution in [0.3, 0.4) is 0 Å². The fourth-order valence-electron chi connectivity index (χ4n) is 5.19. The van der Waals surface area contributed by atoms with Crippen LogP contribution in [0.15, 0.2) is 120 Å². The Kier molecular flexibility index (Phi) is 4.27. The Labute approximate surface area is 201 Å². The summed E-state index contributed by atoms with van der Waals surface area (Å²) in [5, 5.41) is 7.61. The lowest BCUT2D eigenvalue weighted by molar-refractivity contribution is 0.669. The van der Waals surface area contributed by atoms with Gasteiger partial charge in [-0.25, -0.2) is 0 Å². The number of halogens is 1. The quantitative estimate of drug-likeness (QED) is 0.237. The molecule has 1 nitrogen and oxygen atoms in total. The van der Waals surface area contributed by atoms with Crippen LogP contribution < -0.4 is 0 Å². The van der Waals surface area contributed by atoms with E-state index in [4.69, 9.17) is 16.0 Å². The maximum Gasteiger partial charge on any atom is 0.136 e. The fraction of sp³-hybridized carbons (Fsp3) is 0. The van der Waals surface area contributed by atoms with Crippen LogP contribution in [0.25, 0.3) is 65.7 Å². The van der Waals surface area contributed by atoms with Crippen molar-refractivity contribution in [3.05, 3.63) is 120 Å². The molecule has 0 aliphatic carbocycles. The summed E-state index contributed by atoms with van der Waals surface area (Å²) in [5.74, 6) is 0. The number of fused-ring (bicyclic) bond motifs is 5. The lowest BCUT2D eigenvalue weighted by atomic mass is 9.88. The molecule has 0 unspecified atom stereocenters. The summed E-state index contributed by atoms with van der Waals surface area (Å²) in [5.41, 5.74) is 6.49. The van der Waals surface area contributed by atoms with E-state index >= 15 is 0 Å². The van der Waals surface area contributed by atoms with Crippen molar-refractivity contribution in [1.29, 1.82) is 0 Å². The van der Waals surface area contributed by atoms with Crippen LogP contribution in [0, 0.1) is 0 Å². The van der Waals surface area contributed by atoms with Gasteiger partial charge in [-0.3, -0.25) is 0 Å². The Morgan fingerprint density at radius 1 is 0.441 bits per heavy atom. The third-order valence-corrected chi connectivity index (χ3v) is 7.07. The van der Waals surface area contributed by atoms with Gasteiger partial charge in [-0.15, -0.1) is 0 Å². The first-order valence-corrected chi connectivity index (χ1v) is 11.8. The highest BCUT2D eigenvalue weighted by molar-refractivity contribution is 6.37. The largest absolute Gasteiger partial charge is 0.456 e. The van der Waals surface area contributed by atoms with Gasteiger partial charge in [0.05, 0.1) is 0 Å². The second-order valence-corrected chi connectivity index (χ2v) is 9.07. The van der Waals surface area contributed by atoms with E-state index in [0.29, 0.717) is 0 Å². The van der Waals surface area contributed by atoms with Crippen molar-refractivity contribution in [2.75, 3.05) is 0 Å². The molecule has 0 radical (unpaired) electrons. The Morgan fingerprint density at radius 3 is 2.03 bits per heavy atom. The minimum atomic E-state index is 0.758. The Morgan fingerprint density at radius 2 is 1.15 bits per heavy atom. The van der Waals surface area contributed by atoms with E-state index in [0.717, 1.165) is 43.3 Å². The second-order valence-electron chi connectivity index (χ2n) is 8.66. The van der Waals surface area contributed by atoms with Gasteiger partial charge in [-0.05, 0) is 68.7 Å². The lowest BCUT2D eigenvalue weighted by Gasteiger charge is -2.16. The van der Waals surface area contributed by atoms with Gasteiger partial charge in [0.15, 0.2) is 0 Å². The topological polar surface area (TPSA) is 13.1 Å². The molecule has 1 aromatic heterocycles. The Bertz CT molecular complexity index is 1860. The minimum Gasteiger partial charge on any atom is -0.456 e. The van der Waals surface area contributed by atoms with E-state index in [1.807, 2.05) is 24.3 Å². The van der Waals surface area contributed by atoms with Crippen LogP contribution in [0.2, 0.25) is 5.02 Å². The summed E-state index contributed by atoms with van der Waals surface area (Å²) in [6, 6.07) is 40.2. The van der Waals surface area contributed by atoms with E-state index in [9.17, 15) is 0 Å². The average molecular weight is 455 g/mol. The number of para-hydroxylation sites is 1. The second kappa shape index (κ2) is 7.48. The number of hydrogen-bond donors (Lipinski definition) is 0. The van der Waals surface area contributed by atoms with E-state index < -0.39 is 0 Å². The molecule has 0 spiro atoms. The average Bonchev–Trinajstić information content (AvgIpc) is 3.26. The van der Waals surface area contributed by atoms with Gasteiger partial charge in [0.2, 0.25) is 0 Å². The Hall–Kier alpha value is -4.07. The van der Waals surface area contributed by atoms with E-state index in [2.05, 4.69) is 91.0 Å². The highest BCUT2D eigenvalue weighted by Gasteiger charge is 2.16. The summed E-state index contributed by atoms with van der Waals surface area (Å²) in [7, 11) is 0. The van der Waals surface area contributed by atoms with Crippen LogP contribution in [-0.2, 0) is 0 Å². The lowest BCUT2D eigenvalue weighted by Crippen LogP contribution is -1.89. The summed E-state index contributed by atoms with van der Waals surface area (Å²) in [6.45, 7) is 0. The molecule has 1 heterocycles. The molecule has 0 aliphatic heterocycles. The fourth-order valence-corrected chi connectivity index (χ4v) is 5.42. The summed E-state index contributed by atoms with van der Waals surface area (Å²) in [4.78, 5) is 0. The number of benzene rings is 6. The van der Waals surface area contributed by atoms with Gasteiger partial charge in [0, 0.05) is 21.2 Å². The highest BCUT2D eigenvalue weighted by Crippen LogP contribution is 2.43. The predicted molar refractivity (Wildman–Crippen MR) is 145 cm³/mol. The van der Waals surface area contributed by atoms with Gasteiger partial charge >= 0.3 is 0 Å².